The zero-order valence-corrected chi connectivity index (χ0v) is 16.7. The third-order valence-electron chi connectivity index (χ3n) is 5.07. The van der Waals surface area contributed by atoms with Gasteiger partial charge in [-0.1, -0.05) is 48.5 Å². The van der Waals surface area contributed by atoms with Gasteiger partial charge in [0.05, 0.1) is 19.3 Å². The summed E-state index contributed by atoms with van der Waals surface area (Å²) in [5, 5.41) is 5.92. The van der Waals surface area contributed by atoms with Gasteiger partial charge in [0.1, 0.15) is 0 Å². The lowest BCUT2D eigenvalue weighted by Crippen LogP contribution is -2.43. The van der Waals surface area contributed by atoms with Crippen LogP contribution in [0.4, 0.5) is 0 Å². The van der Waals surface area contributed by atoms with Gasteiger partial charge in [0.25, 0.3) is 5.91 Å². The van der Waals surface area contributed by atoms with Crippen LogP contribution in [0, 0.1) is 0 Å². The minimum atomic E-state index is -0.109. The maximum Gasteiger partial charge on any atom is 0.251 e. The largest absolute Gasteiger partial charge is 0.379 e. The van der Waals surface area contributed by atoms with E-state index in [1.54, 1.807) is 12.1 Å². The van der Waals surface area contributed by atoms with Crippen LogP contribution in [0.1, 0.15) is 34.8 Å². The number of morpholine rings is 1. The summed E-state index contributed by atoms with van der Waals surface area (Å²) < 4.78 is 5.46. The Hall–Kier alpha value is -2.70. The van der Waals surface area contributed by atoms with E-state index in [1.165, 1.54) is 5.56 Å². The molecule has 1 fully saturated rings. The molecule has 2 aromatic carbocycles. The highest BCUT2D eigenvalue weighted by molar-refractivity contribution is 5.94. The van der Waals surface area contributed by atoms with Crippen LogP contribution < -0.4 is 10.6 Å². The van der Waals surface area contributed by atoms with Gasteiger partial charge in [0, 0.05) is 38.2 Å². The number of ether oxygens (including phenoxy) is 1. The Morgan fingerprint density at radius 3 is 2.28 bits per heavy atom. The number of amides is 2. The van der Waals surface area contributed by atoms with E-state index in [1.807, 2.05) is 36.4 Å². The van der Waals surface area contributed by atoms with Crippen molar-refractivity contribution in [2.75, 3.05) is 39.4 Å². The summed E-state index contributed by atoms with van der Waals surface area (Å²) in [4.78, 5) is 26.7. The summed E-state index contributed by atoms with van der Waals surface area (Å²) in [6.07, 6.45) is 0.998. The monoisotopic (exact) mass is 395 g/mol. The summed E-state index contributed by atoms with van der Waals surface area (Å²) in [5.41, 5.74) is 1.83. The van der Waals surface area contributed by atoms with Gasteiger partial charge in [-0.3, -0.25) is 14.5 Å². The number of hydrogen-bond donors (Lipinski definition) is 2. The Morgan fingerprint density at radius 1 is 0.931 bits per heavy atom. The molecule has 2 N–H and O–H groups in total. The molecule has 0 radical (unpaired) electrons. The van der Waals surface area contributed by atoms with Crippen LogP contribution in [0.15, 0.2) is 60.7 Å². The first-order chi connectivity index (χ1) is 14.2. The van der Waals surface area contributed by atoms with Gasteiger partial charge >= 0.3 is 0 Å². The van der Waals surface area contributed by atoms with E-state index >= 15 is 0 Å². The van der Waals surface area contributed by atoms with Gasteiger partial charge in [-0.2, -0.15) is 0 Å². The maximum absolute atomic E-state index is 12.3. The molecule has 3 rings (SSSR count). The quantitative estimate of drug-likeness (QED) is 0.640. The number of carbonyl (C=O) groups is 2. The number of benzene rings is 2. The van der Waals surface area contributed by atoms with E-state index in [2.05, 4.69) is 27.7 Å². The van der Waals surface area contributed by atoms with E-state index in [9.17, 15) is 9.59 Å². The van der Waals surface area contributed by atoms with Crippen molar-refractivity contribution in [1.29, 1.82) is 0 Å². The van der Waals surface area contributed by atoms with Gasteiger partial charge in [-0.15, -0.1) is 0 Å². The molecule has 154 valence electrons. The SMILES string of the molecule is O=C(CCCNC(=O)c1ccccc1)NCC(c1ccccc1)N1CCOCC1. The number of carbonyl (C=O) groups excluding carboxylic acids is 2. The average molecular weight is 396 g/mol. The molecular formula is C23H29N3O3. The lowest BCUT2D eigenvalue weighted by atomic mass is 10.0. The average Bonchev–Trinajstić information content (AvgIpc) is 2.79. The van der Waals surface area contributed by atoms with E-state index in [0.29, 0.717) is 31.5 Å². The van der Waals surface area contributed by atoms with Crippen molar-refractivity contribution >= 4 is 11.8 Å². The smallest absolute Gasteiger partial charge is 0.251 e. The van der Waals surface area contributed by atoms with E-state index < -0.39 is 0 Å². The number of nitrogens with one attached hydrogen (secondary N) is 2. The van der Waals surface area contributed by atoms with Crippen LogP contribution in [-0.2, 0) is 9.53 Å². The first-order valence-electron chi connectivity index (χ1n) is 10.2. The van der Waals surface area contributed by atoms with Crippen molar-refractivity contribution in [3.8, 4) is 0 Å². The second kappa shape index (κ2) is 11.3. The second-order valence-corrected chi connectivity index (χ2v) is 7.10. The fourth-order valence-corrected chi connectivity index (χ4v) is 3.46. The molecule has 6 nitrogen and oxygen atoms in total. The number of hydrogen-bond acceptors (Lipinski definition) is 4. The van der Waals surface area contributed by atoms with Gasteiger partial charge in [-0.05, 0) is 24.1 Å². The van der Waals surface area contributed by atoms with Crippen LogP contribution >= 0.6 is 0 Å². The third kappa shape index (κ3) is 6.69. The fourth-order valence-electron chi connectivity index (χ4n) is 3.46. The molecule has 1 heterocycles. The third-order valence-corrected chi connectivity index (χ3v) is 5.07. The molecule has 0 spiro atoms. The molecule has 6 heteroatoms. The molecular weight excluding hydrogens is 366 g/mol. The minimum Gasteiger partial charge on any atom is -0.379 e. The topological polar surface area (TPSA) is 70.7 Å². The molecule has 1 atom stereocenters. The van der Waals surface area contributed by atoms with Crippen LogP contribution in [0.3, 0.4) is 0 Å². The maximum atomic E-state index is 12.3. The zero-order valence-electron chi connectivity index (χ0n) is 16.7. The highest BCUT2D eigenvalue weighted by Gasteiger charge is 2.22. The molecule has 1 aliphatic rings. The Balaban J connectivity index is 1.42. The van der Waals surface area contributed by atoms with Crippen LogP contribution in [0.5, 0.6) is 0 Å². The Bertz CT molecular complexity index is 761. The van der Waals surface area contributed by atoms with Crippen molar-refractivity contribution < 1.29 is 14.3 Å². The molecule has 2 aromatic rings. The van der Waals surface area contributed by atoms with Gasteiger partial charge in [0.15, 0.2) is 0 Å². The highest BCUT2D eigenvalue weighted by atomic mass is 16.5. The lowest BCUT2D eigenvalue weighted by molar-refractivity contribution is -0.121. The van der Waals surface area contributed by atoms with Crippen molar-refractivity contribution in [3.05, 3.63) is 71.8 Å². The standard InChI is InChI=1S/C23H29N3O3/c27-22(12-7-13-24-23(28)20-10-5-2-6-11-20)25-18-21(19-8-3-1-4-9-19)26-14-16-29-17-15-26/h1-6,8-11,21H,7,12-18H2,(H,24,28)(H,25,27). The summed E-state index contributed by atoms with van der Waals surface area (Å²) >= 11 is 0. The van der Waals surface area contributed by atoms with E-state index in [4.69, 9.17) is 4.74 Å². The second-order valence-electron chi connectivity index (χ2n) is 7.10. The van der Waals surface area contributed by atoms with Crippen LogP contribution in [0.25, 0.3) is 0 Å². The first kappa shape index (κ1) is 21.0. The van der Waals surface area contributed by atoms with Crippen molar-refractivity contribution in [3.63, 3.8) is 0 Å². The van der Waals surface area contributed by atoms with Gasteiger partial charge < -0.3 is 15.4 Å². The van der Waals surface area contributed by atoms with Gasteiger partial charge in [-0.25, -0.2) is 0 Å². The highest BCUT2D eigenvalue weighted by Crippen LogP contribution is 2.21. The van der Waals surface area contributed by atoms with E-state index in [0.717, 1.165) is 26.3 Å². The van der Waals surface area contributed by atoms with Crippen molar-refractivity contribution in [2.24, 2.45) is 0 Å². The Morgan fingerprint density at radius 2 is 1.59 bits per heavy atom. The summed E-state index contributed by atoms with van der Waals surface area (Å²) in [6, 6.07) is 19.5. The molecule has 1 aliphatic heterocycles. The molecule has 1 saturated heterocycles. The van der Waals surface area contributed by atoms with Crippen molar-refractivity contribution in [2.45, 2.75) is 18.9 Å². The lowest BCUT2D eigenvalue weighted by Gasteiger charge is -2.35. The molecule has 0 bridgehead atoms. The molecule has 0 aliphatic carbocycles. The Kier molecular flexibility index (Phi) is 8.22. The Labute approximate surface area is 172 Å². The summed E-state index contributed by atoms with van der Waals surface area (Å²) in [6.45, 7) is 4.21. The fraction of sp³-hybridized carbons (Fsp3) is 0.391. The zero-order chi connectivity index (χ0) is 20.3. The molecule has 2 amide bonds. The molecule has 0 aromatic heterocycles. The minimum absolute atomic E-state index is 0.00755. The number of rotatable bonds is 9. The normalized spacial score (nSPS) is 15.4. The summed E-state index contributed by atoms with van der Waals surface area (Å²) in [5.74, 6) is -0.101. The van der Waals surface area contributed by atoms with Crippen LogP contribution in [0.2, 0.25) is 0 Å². The molecule has 29 heavy (non-hydrogen) atoms. The first-order valence-corrected chi connectivity index (χ1v) is 10.2. The number of nitrogens with zero attached hydrogens (tertiary/aromatic N) is 1. The van der Waals surface area contributed by atoms with E-state index in [-0.39, 0.29) is 17.9 Å². The van der Waals surface area contributed by atoms with Gasteiger partial charge in [0.2, 0.25) is 5.91 Å². The van der Waals surface area contributed by atoms with Crippen LogP contribution in [-0.4, -0.2) is 56.1 Å². The molecule has 1 unspecified atom stereocenters. The predicted octanol–water partition coefficient (Wildman–Crippen LogP) is 2.39. The van der Waals surface area contributed by atoms with Crippen molar-refractivity contribution in [1.82, 2.24) is 15.5 Å². The molecule has 0 saturated carbocycles. The summed E-state index contributed by atoms with van der Waals surface area (Å²) in [7, 11) is 0. The predicted molar refractivity (Wildman–Crippen MR) is 113 cm³/mol.